The molecule has 1 atom stereocenters. The molecule has 0 spiro atoms. The van der Waals surface area contributed by atoms with E-state index >= 15 is 0 Å². The number of carbonyl (C=O) groups is 1. The van der Waals surface area contributed by atoms with Gasteiger partial charge >= 0.3 is 0 Å². The first kappa shape index (κ1) is 15.2. The second-order valence-electron chi connectivity index (χ2n) is 6.13. The number of amides is 1. The Labute approximate surface area is 131 Å². The fraction of sp³-hybridized carbons (Fsp3) is 0.688. The topological polar surface area (TPSA) is 76.1 Å². The number of anilines is 1. The molecule has 1 aliphatic heterocycles. The lowest BCUT2D eigenvalue weighted by molar-refractivity contribution is 0.0921. The maximum Gasteiger partial charge on any atom is 0.272 e. The number of ether oxygens (including phenoxy) is 1. The number of rotatable bonds is 5. The summed E-state index contributed by atoms with van der Waals surface area (Å²) in [6.45, 7) is 1.58. The summed E-state index contributed by atoms with van der Waals surface area (Å²) in [7, 11) is 0. The fourth-order valence-corrected chi connectivity index (χ4v) is 3.08. The third-order valence-electron chi connectivity index (χ3n) is 4.37. The van der Waals surface area contributed by atoms with E-state index < -0.39 is 0 Å². The first-order valence-corrected chi connectivity index (χ1v) is 8.31. The fourth-order valence-electron chi connectivity index (χ4n) is 3.08. The molecule has 1 unspecified atom stereocenters. The highest BCUT2D eigenvalue weighted by molar-refractivity contribution is 5.92. The van der Waals surface area contributed by atoms with Crippen molar-refractivity contribution in [3.8, 4) is 0 Å². The van der Waals surface area contributed by atoms with Gasteiger partial charge in [0.15, 0.2) is 5.69 Å². The van der Waals surface area contributed by atoms with Gasteiger partial charge in [0.05, 0.1) is 6.10 Å². The van der Waals surface area contributed by atoms with Gasteiger partial charge in [-0.15, -0.1) is 10.2 Å². The predicted octanol–water partition coefficient (Wildman–Crippen LogP) is 2.13. The number of hydrogen-bond donors (Lipinski definition) is 2. The zero-order valence-corrected chi connectivity index (χ0v) is 12.9. The number of nitrogens with one attached hydrogen (secondary N) is 2. The summed E-state index contributed by atoms with van der Waals surface area (Å²) in [4.78, 5) is 12.1. The van der Waals surface area contributed by atoms with Crippen molar-refractivity contribution in [1.82, 2.24) is 15.5 Å². The maximum absolute atomic E-state index is 12.1. The van der Waals surface area contributed by atoms with Crippen LogP contribution in [0.3, 0.4) is 0 Å². The SMILES string of the molecule is O=C(NC1CCCCC1)c1ccc(NCC2CCCO2)nn1. The Kier molecular flexibility index (Phi) is 5.21. The summed E-state index contributed by atoms with van der Waals surface area (Å²) >= 11 is 0. The quantitative estimate of drug-likeness (QED) is 0.871. The van der Waals surface area contributed by atoms with E-state index in [4.69, 9.17) is 4.74 Å². The van der Waals surface area contributed by atoms with Crippen LogP contribution in [0.1, 0.15) is 55.4 Å². The Morgan fingerprint density at radius 1 is 1.14 bits per heavy atom. The molecule has 0 radical (unpaired) electrons. The van der Waals surface area contributed by atoms with Gasteiger partial charge in [0, 0.05) is 19.2 Å². The van der Waals surface area contributed by atoms with Crippen LogP contribution in [0.25, 0.3) is 0 Å². The molecule has 1 aliphatic carbocycles. The maximum atomic E-state index is 12.1. The van der Waals surface area contributed by atoms with Crippen LogP contribution in [0.2, 0.25) is 0 Å². The zero-order valence-electron chi connectivity index (χ0n) is 12.9. The average Bonchev–Trinajstić information content (AvgIpc) is 3.08. The van der Waals surface area contributed by atoms with Gasteiger partial charge in [-0.25, -0.2) is 0 Å². The van der Waals surface area contributed by atoms with E-state index in [0.29, 0.717) is 17.6 Å². The number of nitrogens with zero attached hydrogens (tertiary/aromatic N) is 2. The Hall–Kier alpha value is -1.69. The van der Waals surface area contributed by atoms with Gasteiger partial charge in [-0.05, 0) is 37.8 Å². The van der Waals surface area contributed by atoms with E-state index in [9.17, 15) is 4.79 Å². The number of hydrogen-bond acceptors (Lipinski definition) is 5. The van der Waals surface area contributed by atoms with Crippen LogP contribution in [-0.4, -0.2) is 41.4 Å². The van der Waals surface area contributed by atoms with Crippen LogP contribution in [0.4, 0.5) is 5.82 Å². The van der Waals surface area contributed by atoms with Crippen molar-refractivity contribution < 1.29 is 9.53 Å². The smallest absolute Gasteiger partial charge is 0.272 e. The Bertz CT molecular complexity index is 479. The first-order chi connectivity index (χ1) is 10.8. The zero-order chi connectivity index (χ0) is 15.2. The molecule has 0 aromatic carbocycles. The van der Waals surface area contributed by atoms with Gasteiger partial charge in [-0.2, -0.15) is 0 Å². The molecule has 1 aromatic rings. The molecular weight excluding hydrogens is 280 g/mol. The van der Waals surface area contributed by atoms with Gasteiger partial charge in [0.2, 0.25) is 0 Å². The van der Waals surface area contributed by atoms with Gasteiger partial charge in [-0.1, -0.05) is 19.3 Å². The average molecular weight is 304 g/mol. The van der Waals surface area contributed by atoms with Crippen LogP contribution in [0.15, 0.2) is 12.1 Å². The van der Waals surface area contributed by atoms with Crippen LogP contribution < -0.4 is 10.6 Å². The molecule has 6 nitrogen and oxygen atoms in total. The molecule has 1 saturated heterocycles. The molecule has 22 heavy (non-hydrogen) atoms. The highest BCUT2D eigenvalue weighted by Crippen LogP contribution is 2.18. The minimum absolute atomic E-state index is 0.120. The summed E-state index contributed by atoms with van der Waals surface area (Å²) < 4.78 is 5.55. The van der Waals surface area contributed by atoms with E-state index in [1.165, 1.54) is 19.3 Å². The van der Waals surface area contributed by atoms with Crippen molar-refractivity contribution in [2.45, 2.75) is 57.1 Å². The van der Waals surface area contributed by atoms with Crippen LogP contribution in [-0.2, 0) is 4.74 Å². The minimum Gasteiger partial charge on any atom is -0.376 e. The Balaban J connectivity index is 1.48. The van der Waals surface area contributed by atoms with E-state index in [-0.39, 0.29) is 12.0 Å². The van der Waals surface area contributed by atoms with Gasteiger partial charge in [-0.3, -0.25) is 4.79 Å². The molecule has 1 amide bonds. The third kappa shape index (κ3) is 4.16. The van der Waals surface area contributed by atoms with Gasteiger partial charge < -0.3 is 15.4 Å². The summed E-state index contributed by atoms with van der Waals surface area (Å²) in [6, 6.07) is 3.82. The largest absolute Gasteiger partial charge is 0.376 e. The number of aromatic nitrogens is 2. The normalized spacial score (nSPS) is 22.5. The minimum atomic E-state index is -0.120. The second-order valence-corrected chi connectivity index (χ2v) is 6.13. The highest BCUT2D eigenvalue weighted by Gasteiger charge is 2.18. The molecule has 1 saturated carbocycles. The molecule has 0 bridgehead atoms. The first-order valence-electron chi connectivity index (χ1n) is 8.31. The summed E-state index contributed by atoms with van der Waals surface area (Å²) in [5.41, 5.74) is 0.383. The molecule has 120 valence electrons. The van der Waals surface area contributed by atoms with Crippen LogP contribution in [0, 0.1) is 0 Å². The van der Waals surface area contributed by atoms with Crippen molar-refractivity contribution >= 4 is 11.7 Å². The summed E-state index contributed by atoms with van der Waals surface area (Å²) in [5.74, 6) is 0.565. The van der Waals surface area contributed by atoms with Crippen molar-refractivity contribution in [3.05, 3.63) is 17.8 Å². The lowest BCUT2D eigenvalue weighted by atomic mass is 9.95. The van der Waals surface area contributed by atoms with Gasteiger partial charge in [0.1, 0.15) is 5.82 Å². The highest BCUT2D eigenvalue weighted by atomic mass is 16.5. The molecule has 6 heteroatoms. The molecule has 2 fully saturated rings. The second kappa shape index (κ2) is 7.54. The van der Waals surface area contributed by atoms with E-state index in [0.717, 1.165) is 38.8 Å². The van der Waals surface area contributed by atoms with E-state index in [2.05, 4.69) is 20.8 Å². The van der Waals surface area contributed by atoms with Crippen molar-refractivity contribution in [1.29, 1.82) is 0 Å². The summed E-state index contributed by atoms with van der Waals surface area (Å²) in [6.07, 6.45) is 8.28. The molecule has 2 N–H and O–H groups in total. The molecular formula is C16H24N4O2. The van der Waals surface area contributed by atoms with E-state index in [1.54, 1.807) is 12.1 Å². The van der Waals surface area contributed by atoms with Crippen molar-refractivity contribution in [2.24, 2.45) is 0 Å². The lowest BCUT2D eigenvalue weighted by Crippen LogP contribution is -2.36. The number of carbonyl (C=O) groups excluding carboxylic acids is 1. The lowest BCUT2D eigenvalue weighted by Gasteiger charge is -2.22. The Morgan fingerprint density at radius 2 is 2.00 bits per heavy atom. The third-order valence-corrected chi connectivity index (χ3v) is 4.37. The van der Waals surface area contributed by atoms with Crippen LogP contribution in [0.5, 0.6) is 0 Å². The van der Waals surface area contributed by atoms with E-state index in [1.807, 2.05) is 0 Å². The van der Waals surface area contributed by atoms with Gasteiger partial charge in [0.25, 0.3) is 5.91 Å². The molecule has 3 rings (SSSR count). The van der Waals surface area contributed by atoms with Crippen LogP contribution >= 0.6 is 0 Å². The Morgan fingerprint density at radius 3 is 2.68 bits per heavy atom. The molecule has 1 aromatic heterocycles. The monoisotopic (exact) mass is 304 g/mol. The van der Waals surface area contributed by atoms with Crippen molar-refractivity contribution in [3.63, 3.8) is 0 Å². The summed E-state index contributed by atoms with van der Waals surface area (Å²) in [5, 5.41) is 14.4. The van der Waals surface area contributed by atoms with Crippen molar-refractivity contribution in [2.75, 3.05) is 18.5 Å². The molecule has 2 aliphatic rings. The predicted molar refractivity (Wildman–Crippen MR) is 83.8 cm³/mol. The molecule has 2 heterocycles. The standard InChI is InChI=1S/C16H24N4O2/c21-16(18-12-5-2-1-3-6-12)14-8-9-15(20-19-14)17-11-13-7-4-10-22-13/h8-9,12-13H,1-7,10-11H2,(H,17,20)(H,18,21).